The van der Waals surface area contributed by atoms with Crippen LogP contribution < -0.4 is 16.6 Å². The van der Waals surface area contributed by atoms with E-state index < -0.39 is 5.56 Å². The van der Waals surface area contributed by atoms with Gasteiger partial charge in [0, 0.05) is 11.8 Å². The molecule has 9 heteroatoms. The van der Waals surface area contributed by atoms with Crippen molar-refractivity contribution >= 4 is 50.2 Å². The molecule has 0 saturated heterocycles. The average Bonchev–Trinajstić information content (AvgIpc) is 3.09. The summed E-state index contributed by atoms with van der Waals surface area (Å²) in [5, 5.41) is 3.73. The Morgan fingerprint density at radius 1 is 1.10 bits per heavy atom. The smallest absolute Gasteiger partial charge is 0.275 e. The molecule has 158 valence electrons. The summed E-state index contributed by atoms with van der Waals surface area (Å²) in [7, 11) is 0. The van der Waals surface area contributed by atoms with Crippen LogP contribution >= 0.6 is 23.1 Å². The van der Waals surface area contributed by atoms with Crippen molar-refractivity contribution in [2.45, 2.75) is 25.9 Å². The van der Waals surface area contributed by atoms with Crippen LogP contribution in [0.25, 0.3) is 15.9 Å². The van der Waals surface area contributed by atoms with Crippen LogP contribution in [-0.4, -0.2) is 26.2 Å². The number of rotatable bonds is 5. The Hall–Kier alpha value is -3.17. The van der Waals surface area contributed by atoms with Gasteiger partial charge in [-0.05, 0) is 61.7 Å². The van der Waals surface area contributed by atoms with Crippen molar-refractivity contribution in [1.29, 1.82) is 0 Å². The number of amides is 1. The zero-order chi connectivity index (χ0) is 22.1. The molecular weight excluding hydrogens is 430 g/mol. The van der Waals surface area contributed by atoms with E-state index in [1.807, 2.05) is 57.2 Å². The highest BCUT2D eigenvalue weighted by atomic mass is 32.2. The second-order valence-electron chi connectivity index (χ2n) is 7.23. The maximum Gasteiger partial charge on any atom is 0.275 e. The molecule has 0 spiro atoms. The Morgan fingerprint density at radius 2 is 1.90 bits per heavy atom. The van der Waals surface area contributed by atoms with Crippen LogP contribution in [0.4, 0.5) is 10.9 Å². The molecular formula is C22H21N5O2S2. The second kappa shape index (κ2) is 8.52. The van der Waals surface area contributed by atoms with Gasteiger partial charge in [-0.15, -0.1) is 0 Å². The summed E-state index contributed by atoms with van der Waals surface area (Å²) < 4.78 is 2.70. The lowest BCUT2D eigenvalue weighted by atomic mass is 10.1. The molecule has 2 heterocycles. The minimum atomic E-state index is -0.443. The van der Waals surface area contributed by atoms with E-state index in [4.69, 9.17) is 5.73 Å². The molecule has 0 radical (unpaired) electrons. The molecule has 4 aromatic rings. The number of nitrogens with one attached hydrogen (secondary N) is 1. The zero-order valence-corrected chi connectivity index (χ0v) is 18.9. The summed E-state index contributed by atoms with van der Waals surface area (Å²) in [6.45, 7) is 6.04. The van der Waals surface area contributed by atoms with E-state index in [9.17, 15) is 9.59 Å². The van der Waals surface area contributed by atoms with Crippen LogP contribution in [0.3, 0.4) is 0 Å². The predicted octanol–water partition coefficient (Wildman–Crippen LogP) is 4.08. The summed E-state index contributed by atoms with van der Waals surface area (Å²) in [5.41, 5.74) is 10.7. The van der Waals surface area contributed by atoms with Gasteiger partial charge in [-0.25, -0.2) is 4.98 Å². The van der Waals surface area contributed by atoms with E-state index in [1.165, 1.54) is 17.4 Å². The fourth-order valence-electron chi connectivity index (χ4n) is 3.07. The molecule has 3 N–H and O–H groups in total. The molecule has 2 aromatic carbocycles. The van der Waals surface area contributed by atoms with Crippen LogP contribution in [-0.2, 0) is 4.79 Å². The molecule has 0 aliphatic heterocycles. The van der Waals surface area contributed by atoms with Gasteiger partial charge in [0.15, 0.2) is 10.3 Å². The normalized spacial score (nSPS) is 11.1. The van der Waals surface area contributed by atoms with Crippen molar-refractivity contribution in [2.75, 3.05) is 16.8 Å². The quantitative estimate of drug-likeness (QED) is 0.350. The lowest BCUT2D eigenvalue weighted by molar-refractivity contribution is -0.113. The fraction of sp³-hybridized carbons (Fsp3) is 0.182. The standard InChI is InChI=1S/C22H21N5O2S2/c1-12-4-7-16-17(8-12)31-21(24-16)25-20(29)11-30-22-26-19(28)10-18(23)27(22)15-6-5-13(2)14(3)9-15/h4-10H,11,23H2,1-3H3,(H,24,25,29). The number of fused-ring (bicyclic) bond motifs is 1. The minimum Gasteiger partial charge on any atom is -0.385 e. The number of hydrogen-bond acceptors (Lipinski definition) is 7. The number of benzene rings is 2. The zero-order valence-electron chi connectivity index (χ0n) is 17.3. The first-order chi connectivity index (χ1) is 14.8. The van der Waals surface area contributed by atoms with Crippen molar-refractivity contribution in [3.05, 3.63) is 69.5 Å². The minimum absolute atomic E-state index is 0.0652. The van der Waals surface area contributed by atoms with E-state index in [0.29, 0.717) is 10.3 Å². The number of carbonyl (C=O) groups excluding carboxylic acids is 1. The highest BCUT2D eigenvalue weighted by Crippen LogP contribution is 2.28. The number of thiazole rings is 1. The van der Waals surface area contributed by atoms with Crippen molar-refractivity contribution < 1.29 is 4.79 Å². The van der Waals surface area contributed by atoms with Gasteiger partial charge in [0.05, 0.1) is 16.0 Å². The van der Waals surface area contributed by atoms with E-state index in [0.717, 1.165) is 44.4 Å². The number of anilines is 2. The first-order valence-corrected chi connectivity index (χ1v) is 11.4. The first-order valence-electron chi connectivity index (χ1n) is 9.57. The third kappa shape index (κ3) is 4.62. The molecule has 0 bridgehead atoms. The number of thioether (sulfide) groups is 1. The Kier molecular flexibility index (Phi) is 5.79. The maximum atomic E-state index is 12.5. The van der Waals surface area contributed by atoms with Crippen LogP contribution in [0.2, 0.25) is 0 Å². The van der Waals surface area contributed by atoms with Gasteiger partial charge in [-0.3, -0.25) is 14.2 Å². The van der Waals surface area contributed by atoms with Gasteiger partial charge < -0.3 is 11.1 Å². The maximum absolute atomic E-state index is 12.5. The summed E-state index contributed by atoms with van der Waals surface area (Å²) in [5.74, 6) is 0.104. The SMILES string of the molecule is Cc1ccc2nc(NC(=O)CSc3nc(=O)cc(N)n3-c3ccc(C)c(C)c3)sc2c1. The van der Waals surface area contributed by atoms with Crippen molar-refractivity contribution in [3.8, 4) is 5.69 Å². The fourth-order valence-corrected chi connectivity index (χ4v) is 4.88. The molecule has 0 saturated carbocycles. The molecule has 4 rings (SSSR count). The Balaban J connectivity index is 1.55. The van der Waals surface area contributed by atoms with E-state index in [1.54, 1.807) is 4.57 Å². The second-order valence-corrected chi connectivity index (χ2v) is 9.21. The van der Waals surface area contributed by atoms with Gasteiger partial charge in [0.1, 0.15) is 5.82 Å². The predicted molar refractivity (Wildman–Crippen MR) is 127 cm³/mol. The summed E-state index contributed by atoms with van der Waals surface area (Å²) >= 11 is 2.58. The van der Waals surface area contributed by atoms with Crippen molar-refractivity contribution in [3.63, 3.8) is 0 Å². The summed E-state index contributed by atoms with van der Waals surface area (Å²) in [4.78, 5) is 33.0. The molecule has 2 aromatic heterocycles. The monoisotopic (exact) mass is 451 g/mol. The summed E-state index contributed by atoms with van der Waals surface area (Å²) in [6, 6.07) is 13.1. The number of nitrogens with two attached hydrogens (primary N) is 1. The molecule has 0 atom stereocenters. The van der Waals surface area contributed by atoms with Gasteiger partial charge in [-0.2, -0.15) is 4.98 Å². The molecule has 0 unspecified atom stereocenters. The third-order valence-corrected chi connectivity index (χ3v) is 6.67. The van der Waals surface area contributed by atoms with Gasteiger partial charge >= 0.3 is 0 Å². The van der Waals surface area contributed by atoms with Crippen LogP contribution in [0, 0.1) is 20.8 Å². The van der Waals surface area contributed by atoms with E-state index in [-0.39, 0.29) is 17.5 Å². The lowest BCUT2D eigenvalue weighted by Gasteiger charge is -2.15. The Morgan fingerprint density at radius 3 is 2.68 bits per heavy atom. The Labute approximate surface area is 187 Å². The molecule has 0 aliphatic carbocycles. The third-order valence-electron chi connectivity index (χ3n) is 4.80. The number of nitrogen functional groups attached to an aromatic ring is 1. The number of carbonyl (C=O) groups is 1. The number of aromatic nitrogens is 3. The largest absolute Gasteiger partial charge is 0.385 e. The highest BCUT2D eigenvalue weighted by molar-refractivity contribution is 7.99. The van der Waals surface area contributed by atoms with Crippen molar-refractivity contribution in [1.82, 2.24) is 14.5 Å². The average molecular weight is 452 g/mol. The number of hydrogen-bond donors (Lipinski definition) is 2. The van der Waals surface area contributed by atoms with E-state index >= 15 is 0 Å². The lowest BCUT2D eigenvalue weighted by Crippen LogP contribution is -2.19. The Bertz CT molecular complexity index is 1360. The first kappa shape index (κ1) is 21.1. The van der Waals surface area contributed by atoms with Crippen LogP contribution in [0.5, 0.6) is 0 Å². The highest BCUT2D eigenvalue weighted by Gasteiger charge is 2.14. The molecule has 7 nitrogen and oxygen atoms in total. The van der Waals surface area contributed by atoms with Crippen LogP contribution in [0.15, 0.2) is 52.4 Å². The van der Waals surface area contributed by atoms with Gasteiger partial charge in [0.25, 0.3) is 5.56 Å². The van der Waals surface area contributed by atoms with Gasteiger partial charge in [0.2, 0.25) is 5.91 Å². The number of aryl methyl sites for hydroxylation is 3. The molecule has 0 fully saturated rings. The van der Waals surface area contributed by atoms with Gasteiger partial charge in [-0.1, -0.05) is 35.2 Å². The number of nitrogens with zero attached hydrogens (tertiary/aromatic N) is 3. The molecule has 0 aliphatic rings. The van der Waals surface area contributed by atoms with Crippen molar-refractivity contribution in [2.24, 2.45) is 0 Å². The van der Waals surface area contributed by atoms with E-state index in [2.05, 4.69) is 15.3 Å². The molecule has 1 amide bonds. The summed E-state index contributed by atoms with van der Waals surface area (Å²) in [6.07, 6.45) is 0. The topological polar surface area (TPSA) is 103 Å². The molecule has 31 heavy (non-hydrogen) atoms. The van der Waals surface area contributed by atoms with Crippen LogP contribution in [0.1, 0.15) is 16.7 Å².